The first-order valence-electron chi connectivity index (χ1n) is 12.7. The third kappa shape index (κ3) is 2.68. The minimum Gasteiger partial charge on any atom is -0.451 e. The molecule has 2 unspecified atom stereocenters. The Morgan fingerprint density at radius 3 is 2.72 bits per heavy atom. The molecule has 4 N–H and O–H groups in total. The molecule has 4 aliphatic rings. The van der Waals surface area contributed by atoms with Crippen LogP contribution in [-0.4, -0.2) is 56.5 Å². The zero-order valence-electron chi connectivity index (χ0n) is 21.0. The number of ether oxygens (including phenoxy) is 1. The number of benzene rings is 1. The molecule has 0 saturated heterocycles. The largest absolute Gasteiger partial charge is 0.451 e. The predicted molar refractivity (Wildman–Crippen MR) is 133 cm³/mol. The molecule has 190 valence electrons. The average Bonchev–Trinajstić information content (AvgIpc) is 3.15. The van der Waals surface area contributed by atoms with E-state index < -0.39 is 41.7 Å². The molecule has 0 aliphatic heterocycles. The van der Waals surface area contributed by atoms with Crippen LogP contribution in [0.5, 0.6) is 0 Å². The normalized spacial score (nSPS) is 40.5. The van der Waals surface area contributed by atoms with Crippen molar-refractivity contribution >= 4 is 22.7 Å². The molecule has 2 bridgehead atoms. The number of carbonyl (C=O) groups is 2. The van der Waals surface area contributed by atoms with Gasteiger partial charge in [-0.05, 0) is 59.8 Å². The Hall–Kier alpha value is -2.74. The summed E-state index contributed by atoms with van der Waals surface area (Å²) in [6.45, 7) is 7.48. The van der Waals surface area contributed by atoms with Gasteiger partial charge < -0.3 is 25.0 Å². The van der Waals surface area contributed by atoms with Crippen molar-refractivity contribution in [2.24, 2.45) is 34.5 Å². The summed E-state index contributed by atoms with van der Waals surface area (Å²) >= 11 is 0. The van der Waals surface area contributed by atoms with E-state index in [1.807, 2.05) is 19.1 Å². The number of aliphatic hydroxyl groups excluding tert-OH is 2. The molecule has 1 aromatic heterocycles. The fraction of sp³-hybridized carbons (Fsp3) is 0.517. The Kier molecular flexibility index (Phi) is 4.86. The third-order valence-corrected chi connectivity index (χ3v) is 9.93. The molecule has 2 aromatic rings. The fourth-order valence-corrected chi connectivity index (χ4v) is 8.02. The van der Waals surface area contributed by atoms with Crippen LogP contribution in [0.25, 0.3) is 10.9 Å². The van der Waals surface area contributed by atoms with E-state index in [0.717, 1.165) is 5.39 Å². The van der Waals surface area contributed by atoms with E-state index in [-0.39, 0.29) is 34.5 Å². The Balaban J connectivity index is 1.48. The van der Waals surface area contributed by atoms with Crippen LogP contribution in [-0.2, 0) is 9.53 Å². The number of Topliss-reactive ketones (excluding diaryl/α,β-unsaturated/α-hetero) is 1. The van der Waals surface area contributed by atoms with Gasteiger partial charge in [0.1, 0.15) is 6.10 Å². The number of aromatic nitrogens is 1. The summed E-state index contributed by atoms with van der Waals surface area (Å²) in [5.41, 5.74) is -1.99. The van der Waals surface area contributed by atoms with Crippen LogP contribution >= 0.6 is 0 Å². The van der Waals surface area contributed by atoms with Gasteiger partial charge in [0, 0.05) is 17.5 Å². The number of allylic oxidation sites excluding steroid dienone is 1. The maximum atomic E-state index is 14.4. The van der Waals surface area contributed by atoms with Crippen LogP contribution in [0.4, 0.5) is 0 Å². The number of aromatic amines is 1. The molecule has 0 amide bonds. The molecule has 7 nitrogen and oxygen atoms in total. The van der Waals surface area contributed by atoms with E-state index in [2.05, 4.69) is 18.8 Å². The molecule has 1 spiro atoms. The minimum absolute atomic E-state index is 0.0430. The maximum Gasteiger partial charge on any atom is 0.340 e. The van der Waals surface area contributed by atoms with Crippen molar-refractivity contribution in [1.82, 2.24) is 4.98 Å². The van der Waals surface area contributed by atoms with Crippen LogP contribution < -0.4 is 0 Å². The molecular weight excluding hydrogens is 458 g/mol. The summed E-state index contributed by atoms with van der Waals surface area (Å²) in [6, 6.07) is 7.12. The van der Waals surface area contributed by atoms with Crippen LogP contribution in [0.2, 0.25) is 0 Å². The van der Waals surface area contributed by atoms with Crippen molar-refractivity contribution in [3.63, 3.8) is 0 Å². The highest BCUT2D eigenvalue weighted by Crippen LogP contribution is 2.71. The number of H-pyrrole nitrogens is 1. The second-order valence-corrected chi connectivity index (χ2v) is 11.9. The summed E-state index contributed by atoms with van der Waals surface area (Å²) in [6.07, 6.45) is 3.03. The van der Waals surface area contributed by atoms with E-state index in [1.165, 1.54) is 0 Å². The maximum absolute atomic E-state index is 14.4. The summed E-state index contributed by atoms with van der Waals surface area (Å²) < 4.78 is 5.98. The van der Waals surface area contributed by atoms with Gasteiger partial charge in [0.15, 0.2) is 17.5 Å². The van der Waals surface area contributed by atoms with Crippen LogP contribution in [0, 0.1) is 34.5 Å². The Bertz CT molecular complexity index is 1350. The van der Waals surface area contributed by atoms with E-state index in [1.54, 1.807) is 37.4 Å². The highest BCUT2D eigenvalue weighted by Gasteiger charge is 2.76. The van der Waals surface area contributed by atoms with Gasteiger partial charge in [0.05, 0.1) is 23.1 Å². The van der Waals surface area contributed by atoms with E-state index in [9.17, 15) is 24.9 Å². The summed E-state index contributed by atoms with van der Waals surface area (Å²) in [5, 5.41) is 35.2. The molecule has 7 heteroatoms. The highest BCUT2D eigenvalue weighted by molar-refractivity contribution is 6.03. The molecule has 36 heavy (non-hydrogen) atoms. The first-order valence-corrected chi connectivity index (χ1v) is 12.7. The Morgan fingerprint density at radius 2 is 2.00 bits per heavy atom. The SMILES string of the molecule is CC1=CC23C(=O)[C@@H](C=C(CO)[C@@H](O)[C@]2(O)[C@H]1OC(=O)c1cccc2cc[nH]c12)[C@H]1[C@@H](CC3C)C1(C)C. The Morgan fingerprint density at radius 1 is 1.25 bits per heavy atom. The molecule has 8 atom stereocenters. The standard InChI is InChI=1S/C29H33NO6/c1-14-12-28-15(2)10-20-21(27(20,3)4)19(24(28)33)11-17(13-31)23(32)29(28,35)25(14)36-26(34)18-7-5-6-16-8-9-30-22(16)18/h5-9,11-12,15,19-21,23,25,30-32,35H,10,13H2,1-4H3/t15?,19-,20+,21-,23+,25-,28?,29-/m0/s1. The summed E-state index contributed by atoms with van der Waals surface area (Å²) in [4.78, 5) is 30.9. The second-order valence-electron chi connectivity index (χ2n) is 11.9. The number of fused-ring (bicyclic) bond motifs is 4. The van der Waals surface area contributed by atoms with Crippen molar-refractivity contribution in [3.05, 3.63) is 59.3 Å². The number of carbonyl (C=O) groups excluding carboxylic acids is 2. The number of rotatable bonds is 3. The van der Waals surface area contributed by atoms with Crippen molar-refractivity contribution in [2.45, 2.75) is 51.9 Å². The lowest BCUT2D eigenvalue weighted by molar-refractivity contribution is -0.190. The average molecular weight is 492 g/mol. The number of hydrogen-bond acceptors (Lipinski definition) is 6. The third-order valence-electron chi connectivity index (χ3n) is 9.93. The van der Waals surface area contributed by atoms with Gasteiger partial charge in [-0.15, -0.1) is 0 Å². The lowest BCUT2D eigenvalue weighted by Crippen LogP contribution is -2.65. The van der Waals surface area contributed by atoms with Gasteiger partial charge in [-0.3, -0.25) is 4.79 Å². The minimum atomic E-state index is -2.14. The van der Waals surface area contributed by atoms with Crippen molar-refractivity contribution in [2.75, 3.05) is 6.61 Å². The van der Waals surface area contributed by atoms with Crippen molar-refractivity contribution < 1.29 is 29.6 Å². The molecule has 2 saturated carbocycles. The van der Waals surface area contributed by atoms with E-state index >= 15 is 0 Å². The highest BCUT2D eigenvalue weighted by atomic mass is 16.6. The lowest BCUT2D eigenvalue weighted by Gasteiger charge is -2.48. The topological polar surface area (TPSA) is 120 Å². The molecule has 4 aliphatic carbocycles. The molecular formula is C29H33NO6. The van der Waals surface area contributed by atoms with Crippen molar-refractivity contribution in [3.8, 4) is 0 Å². The second kappa shape index (κ2) is 7.40. The monoisotopic (exact) mass is 491 g/mol. The van der Waals surface area contributed by atoms with Gasteiger partial charge in [-0.1, -0.05) is 45.1 Å². The van der Waals surface area contributed by atoms with Crippen LogP contribution in [0.15, 0.2) is 53.8 Å². The van der Waals surface area contributed by atoms with E-state index in [0.29, 0.717) is 23.1 Å². The van der Waals surface area contributed by atoms with Gasteiger partial charge >= 0.3 is 5.97 Å². The van der Waals surface area contributed by atoms with Crippen molar-refractivity contribution in [1.29, 1.82) is 0 Å². The number of para-hydroxylation sites is 1. The molecule has 1 aromatic carbocycles. The predicted octanol–water partition coefficient (Wildman–Crippen LogP) is 3.16. The first-order chi connectivity index (χ1) is 17.0. The fourth-order valence-electron chi connectivity index (χ4n) is 8.02. The van der Waals surface area contributed by atoms with Crippen LogP contribution in [0.1, 0.15) is 44.5 Å². The van der Waals surface area contributed by atoms with Gasteiger partial charge in [-0.25, -0.2) is 4.79 Å². The lowest BCUT2D eigenvalue weighted by atomic mass is 9.59. The zero-order valence-corrected chi connectivity index (χ0v) is 21.0. The molecule has 1 heterocycles. The number of ketones is 1. The molecule has 0 radical (unpaired) electrons. The number of esters is 1. The zero-order chi connectivity index (χ0) is 25.8. The smallest absolute Gasteiger partial charge is 0.340 e. The molecule has 2 fully saturated rings. The summed E-state index contributed by atoms with van der Waals surface area (Å²) in [7, 11) is 0. The molecule has 6 rings (SSSR count). The summed E-state index contributed by atoms with van der Waals surface area (Å²) in [5.74, 6) is -1.30. The number of hydrogen-bond donors (Lipinski definition) is 4. The van der Waals surface area contributed by atoms with E-state index in [4.69, 9.17) is 4.74 Å². The van der Waals surface area contributed by atoms with Gasteiger partial charge in [-0.2, -0.15) is 0 Å². The quantitative estimate of drug-likeness (QED) is 0.387. The van der Waals surface area contributed by atoms with Crippen LogP contribution in [0.3, 0.4) is 0 Å². The first kappa shape index (κ1) is 23.6. The Labute approximate surface area is 209 Å². The van der Waals surface area contributed by atoms with Gasteiger partial charge in [0.2, 0.25) is 0 Å². The van der Waals surface area contributed by atoms with Gasteiger partial charge in [0.25, 0.3) is 0 Å². The number of aliphatic hydroxyl groups is 3. The number of nitrogens with one attached hydrogen (secondary N) is 1.